The lowest BCUT2D eigenvalue weighted by atomic mass is 9.98. The van der Waals surface area contributed by atoms with Crippen LogP contribution in [0.2, 0.25) is 10.0 Å². The molecule has 3 nitrogen and oxygen atoms in total. The zero-order chi connectivity index (χ0) is 14.0. The predicted molar refractivity (Wildman–Crippen MR) is 80.0 cm³/mol. The SMILES string of the molecule is CCn1ncc(Cl)c1C(NC)c1cccc(Cl)c1C. The third kappa shape index (κ3) is 2.64. The Hall–Kier alpha value is -1.03. The van der Waals surface area contributed by atoms with Crippen molar-refractivity contribution in [3.8, 4) is 0 Å². The zero-order valence-corrected chi connectivity index (χ0v) is 12.8. The molecule has 1 unspecified atom stereocenters. The van der Waals surface area contributed by atoms with Gasteiger partial charge in [-0.3, -0.25) is 4.68 Å². The molecule has 102 valence electrons. The van der Waals surface area contributed by atoms with E-state index in [4.69, 9.17) is 23.2 Å². The number of hydrogen-bond acceptors (Lipinski definition) is 2. The number of aryl methyl sites for hydroxylation is 1. The van der Waals surface area contributed by atoms with Gasteiger partial charge < -0.3 is 5.32 Å². The van der Waals surface area contributed by atoms with Gasteiger partial charge in [0.15, 0.2) is 0 Å². The van der Waals surface area contributed by atoms with Crippen LogP contribution in [0, 0.1) is 6.92 Å². The van der Waals surface area contributed by atoms with Gasteiger partial charge >= 0.3 is 0 Å². The van der Waals surface area contributed by atoms with E-state index in [-0.39, 0.29) is 6.04 Å². The molecule has 0 aliphatic carbocycles. The maximum absolute atomic E-state index is 6.28. The first kappa shape index (κ1) is 14.4. The van der Waals surface area contributed by atoms with E-state index in [1.54, 1.807) is 6.20 Å². The van der Waals surface area contributed by atoms with Crippen LogP contribution in [0.3, 0.4) is 0 Å². The molecule has 1 atom stereocenters. The first-order valence-corrected chi connectivity index (χ1v) is 6.99. The van der Waals surface area contributed by atoms with E-state index in [0.717, 1.165) is 28.4 Å². The molecule has 0 bridgehead atoms. The summed E-state index contributed by atoms with van der Waals surface area (Å²) in [5, 5.41) is 9.02. The van der Waals surface area contributed by atoms with Crippen molar-refractivity contribution in [2.45, 2.75) is 26.4 Å². The van der Waals surface area contributed by atoms with Gasteiger partial charge in [0.1, 0.15) is 0 Å². The highest BCUT2D eigenvalue weighted by molar-refractivity contribution is 6.31. The van der Waals surface area contributed by atoms with Gasteiger partial charge in [-0.2, -0.15) is 5.10 Å². The lowest BCUT2D eigenvalue weighted by Crippen LogP contribution is -2.22. The predicted octanol–water partition coefficient (Wildman–Crippen LogP) is 3.83. The number of benzene rings is 1. The monoisotopic (exact) mass is 297 g/mol. The van der Waals surface area contributed by atoms with Gasteiger partial charge in [0.05, 0.1) is 23.0 Å². The van der Waals surface area contributed by atoms with Crippen LogP contribution in [0.1, 0.15) is 29.8 Å². The third-order valence-corrected chi connectivity index (χ3v) is 4.02. The first-order chi connectivity index (χ1) is 9.10. The molecule has 0 aliphatic rings. The van der Waals surface area contributed by atoms with Gasteiger partial charge in [-0.1, -0.05) is 35.3 Å². The summed E-state index contributed by atoms with van der Waals surface area (Å²) >= 11 is 12.5. The van der Waals surface area contributed by atoms with Crippen LogP contribution in [-0.4, -0.2) is 16.8 Å². The smallest absolute Gasteiger partial charge is 0.0837 e. The lowest BCUT2D eigenvalue weighted by molar-refractivity contribution is 0.562. The minimum Gasteiger partial charge on any atom is -0.308 e. The van der Waals surface area contributed by atoms with Crippen molar-refractivity contribution in [1.82, 2.24) is 15.1 Å². The zero-order valence-electron chi connectivity index (χ0n) is 11.2. The Kier molecular flexibility index (Phi) is 4.50. The summed E-state index contributed by atoms with van der Waals surface area (Å²) in [5.41, 5.74) is 3.15. The second kappa shape index (κ2) is 5.95. The molecule has 1 aromatic carbocycles. The maximum Gasteiger partial charge on any atom is 0.0837 e. The van der Waals surface area contributed by atoms with E-state index < -0.39 is 0 Å². The molecule has 0 aliphatic heterocycles. The van der Waals surface area contributed by atoms with Gasteiger partial charge in [-0.15, -0.1) is 0 Å². The van der Waals surface area contributed by atoms with Crippen LogP contribution >= 0.6 is 23.2 Å². The molecule has 1 N–H and O–H groups in total. The first-order valence-electron chi connectivity index (χ1n) is 6.23. The highest BCUT2D eigenvalue weighted by Crippen LogP contribution is 2.32. The Morgan fingerprint density at radius 1 is 1.32 bits per heavy atom. The highest BCUT2D eigenvalue weighted by atomic mass is 35.5. The Bertz CT molecular complexity index is 578. The largest absolute Gasteiger partial charge is 0.308 e. The van der Waals surface area contributed by atoms with Crippen molar-refractivity contribution < 1.29 is 0 Å². The number of hydrogen-bond donors (Lipinski definition) is 1. The van der Waals surface area contributed by atoms with Crippen molar-refractivity contribution in [2.75, 3.05) is 7.05 Å². The Labute approximate surface area is 123 Å². The van der Waals surface area contributed by atoms with Crippen LogP contribution in [0.4, 0.5) is 0 Å². The van der Waals surface area contributed by atoms with Crippen LogP contribution < -0.4 is 5.32 Å². The molecule has 2 rings (SSSR count). The molecule has 1 heterocycles. The van der Waals surface area contributed by atoms with Crippen molar-refractivity contribution in [2.24, 2.45) is 0 Å². The Morgan fingerprint density at radius 2 is 2.05 bits per heavy atom. The van der Waals surface area contributed by atoms with Gasteiger partial charge in [0, 0.05) is 11.6 Å². The molecule has 0 saturated carbocycles. The molecule has 5 heteroatoms. The summed E-state index contributed by atoms with van der Waals surface area (Å²) in [7, 11) is 1.91. The number of nitrogens with one attached hydrogen (secondary N) is 1. The lowest BCUT2D eigenvalue weighted by Gasteiger charge is -2.21. The average Bonchev–Trinajstić information content (AvgIpc) is 2.77. The molecule has 0 radical (unpaired) electrons. The summed E-state index contributed by atoms with van der Waals surface area (Å²) in [6.45, 7) is 4.84. The normalized spacial score (nSPS) is 12.7. The number of halogens is 2. The molecular weight excluding hydrogens is 281 g/mol. The summed E-state index contributed by atoms with van der Waals surface area (Å²) in [5.74, 6) is 0. The molecule has 0 fully saturated rings. The molecule has 19 heavy (non-hydrogen) atoms. The summed E-state index contributed by atoms with van der Waals surface area (Å²) in [6.07, 6.45) is 1.69. The minimum absolute atomic E-state index is 0.0198. The molecular formula is C14H17Cl2N3. The van der Waals surface area contributed by atoms with E-state index in [2.05, 4.69) is 16.5 Å². The van der Waals surface area contributed by atoms with E-state index in [1.165, 1.54) is 0 Å². The van der Waals surface area contributed by atoms with Crippen LogP contribution in [0.15, 0.2) is 24.4 Å². The van der Waals surface area contributed by atoms with E-state index >= 15 is 0 Å². The topological polar surface area (TPSA) is 29.9 Å². The van der Waals surface area contributed by atoms with E-state index in [1.807, 2.05) is 37.7 Å². The fraction of sp³-hybridized carbons (Fsp3) is 0.357. The second-order valence-corrected chi connectivity index (χ2v) is 5.18. The summed E-state index contributed by atoms with van der Waals surface area (Å²) < 4.78 is 1.91. The van der Waals surface area contributed by atoms with Crippen LogP contribution in [0.5, 0.6) is 0 Å². The highest BCUT2D eigenvalue weighted by Gasteiger charge is 2.22. The molecule has 0 amide bonds. The van der Waals surface area contributed by atoms with Crippen molar-refractivity contribution in [1.29, 1.82) is 0 Å². The fourth-order valence-electron chi connectivity index (χ4n) is 2.29. The summed E-state index contributed by atoms with van der Waals surface area (Å²) in [4.78, 5) is 0. The average molecular weight is 298 g/mol. The Balaban J connectivity index is 2.56. The Morgan fingerprint density at radius 3 is 2.68 bits per heavy atom. The maximum atomic E-state index is 6.28. The van der Waals surface area contributed by atoms with Crippen molar-refractivity contribution in [3.63, 3.8) is 0 Å². The molecule has 0 saturated heterocycles. The minimum atomic E-state index is -0.0198. The molecule has 0 spiro atoms. The van der Waals surface area contributed by atoms with Gasteiger partial charge in [-0.05, 0) is 38.1 Å². The molecule has 2 aromatic rings. The van der Waals surface area contributed by atoms with E-state index in [0.29, 0.717) is 5.02 Å². The van der Waals surface area contributed by atoms with Crippen LogP contribution in [-0.2, 0) is 6.54 Å². The standard InChI is InChI=1S/C14H17Cl2N3/c1-4-19-14(12(16)8-18-19)13(17-3)10-6-5-7-11(15)9(10)2/h5-8,13,17H,4H2,1-3H3. The fourth-order valence-corrected chi connectivity index (χ4v) is 2.72. The number of aromatic nitrogens is 2. The summed E-state index contributed by atoms with van der Waals surface area (Å²) in [6, 6.07) is 5.89. The van der Waals surface area contributed by atoms with Crippen molar-refractivity contribution >= 4 is 23.2 Å². The number of rotatable bonds is 4. The second-order valence-electron chi connectivity index (χ2n) is 4.37. The number of nitrogens with zero attached hydrogens (tertiary/aromatic N) is 2. The van der Waals surface area contributed by atoms with Gasteiger partial charge in [-0.25, -0.2) is 0 Å². The quantitative estimate of drug-likeness (QED) is 0.929. The molecule has 1 aromatic heterocycles. The van der Waals surface area contributed by atoms with E-state index in [9.17, 15) is 0 Å². The van der Waals surface area contributed by atoms with Crippen molar-refractivity contribution in [3.05, 3.63) is 51.3 Å². The van der Waals surface area contributed by atoms with Crippen LogP contribution in [0.25, 0.3) is 0 Å². The van der Waals surface area contributed by atoms with Gasteiger partial charge in [0.2, 0.25) is 0 Å². The van der Waals surface area contributed by atoms with Gasteiger partial charge in [0.25, 0.3) is 0 Å². The third-order valence-electron chi connectivity index (χ3n) is 3.32.